The van der Waals surface area contributed by atoms with Crippen molar-refractivity contribution in [1.82, 2.24) is 20.1 Å². The number of nitrogens with one attached hydrogen (secondary N) is 1. The molecule has 2 heterocycles. The summed E-state index contributed by atoms with van der Waals surface area (Å²) in [5.74, 6) is -1.87. The Kier molecular flexibility index (Phi) is 5.55. The van der Waals surface area contributed by atoms with E-state index in [9.17, 15) is 14.0 Å². The molecule has 0 aliphatic carbocycles. The molecule has 27 heavy (non-hydrogen) atoms. The number of amides is 1. The van der Waals surface area contributed by atoms with Gasteiger partial charge in [-0.1, -0.05) is 18.2 Å². The molecule has 1 amide bonds. The summed E-state index contributed by atoms with van der Waals surface area (Å²) in [4.78, 5) is 29.2. The molecule has 2 N–H and O–H groups in total. The van der Waals surface area contributed by atoms with Crippen LogP contribution in [0, 0.1) is 5.82 Å². The summed E-state index contributed by atoms with van der Waals surface area (Å²) in [6.45, 7) is 0.227. The van der Waals surface area contributed by atoms with Crippen molar-refractivity contribution in [2.45, 2.75) is 13.0 Å². The minimum atomic E-state index is -1.00. The Morgan fingerprint density at radius 1 is 1.19 bits per heavy atom. The number of nitrogens with zero attached hydrogens (tertiary/aromatic N) is 3. The van der Waals surface area contributed by atoms with Gasteiger partial charge in [0.2, 0.25) is 0 Å². The minimum Gasteiger partial charge on any atom is -0.481 e. The quantitative estimate of drug-likeness (QED) is 0.668. The third kappa shape index (κ3) is 4.55. The zero-order chi connectivity index (χ0) is 19.2. The molecule has 3 rings (SSSR count). The van der Waals surface area contributed by atoms with Crippen LogP contribution < -0.4 is 0 Å². The minimum absolute atomic E-state index is 0.0249. The van der Waals surface area contributed by atoms with E-state index in [1.165, 1.54) is 17.0 Å². The van der Waals surface area contributed by atoms with Gasteiger partial charge in [0.05, 0.1) is 12.1 Å². The number of benzene rings is 1. The molecule has 0 spiro atoms. The number of aromatic nitrogens is 3. The van der Waals surface area contributed by atoms with Crippen LogP contribution in [0.2, 0.25) is 0 Å². The number of carboxylic acid groups (broad SMARTS) is 1. The maximum atomic E-state index is 13.9. The number of halogens is 1. The monoisotopic (exact) mass is 368 g/mol. The Bertz CT molecular complexity index is 943. The Hall–Kier alpha value is -3.55. The lowest BCUT2D eigenvalue weighted by Crippen LogP contribution is -2.33. The standard InChI is InChI=1S/C19H17FN4O3/c20-15-6-2-1-5-14(15)16-10-17(23-22-16)19(27)24(9-7-18(25)26)12-13-4-3-8-21-11-13/h1-6,8,10-11H,7,9,12H2,(H,22,23)(H,25,26). The molecule has 0 unspecified atom stereocenters. The van der Waals surface area contributed by atoms with Crippen molar-refractivity contribution in [3.05, 3.63) is 71.9 Å². The normalized spacial score (nSPS) is 10.6. The van der Waals surface area contributed by atoms with Crippen LogP contribution in [0.15, 0.2) is 54.9 Å². The van der Waals surface area contributed by atoms with Gasteiger partial charge in [-0.05, 0) is 29.8 Å². The lowest BCUT2D eigenvalue weighted by atomic mass is 10.1. The van der Waals surface area contributed by atoms with Gasteiger partial charge in [0.25, 0.3) is 5.91 Å². The van der Waals surface area contributed by atoms with Crippen LogP contribution in [0.4, 0.5) is 4.39 Å². The van der Waals surface area contributed by atoms with Gasteiger partial charge in [-0.2, -0.15) is 5.10 Å². The predicted molar refractivity (Wildman–Crippen MR) is 95.2 cm³/mol. The molecule has 0 aliphatic heterocycles. The highest BCUT2D eigenvalue weighted by molar-refractivity contribution is 5.93. The smallest absolute Gasteiger partial charge is 0.305 e. The molecule has 0 saturated carbocycles. The number of carbonyl (C=O) groups is 2. The summed E-state index contributed by atoms with van der Waals surface area (Å²) in [7, 11) is 0. The van der Waals surface area contributed by atoms with E-state index in [0.717, 1.165) is 5.56 Å². The van der Waals surface area contributed by atoms with Crippen molar-refractivity contribution in [2.24, 2.45) is 0 Å². The lowest BCUT2D eigenvalue weighted by molar-refractivity contribution is -0.137. The maximum Gasteiger partial charge on any atom is 0.305 e. The van der Waals surface area contributed by atoms with E-state index in [2.05, 4.69) is 15.2 Å². The Morgan fingerprint density at radius 3 is 2.70 bits per heavy atom. The Labute approximate surface area is 154 Å². The largest absolute Gasteiger partial charge is 0.481 e. The van der Waals surface area contributed by atoms with Gasteiger partial charge in [0.1, 0.15) is 11.5 Å². The highest BCUT2D eigenvalue weighted by Crippen LogP contribution is 2.21. The average Bonchev–Trinajstić information content (AvgIpc) is 3.15. The molecular weight excluding hydrogens is 351 g/mol. The van der Waals surface area contributed by atoms with Gasteiger partial charge in [0.15, 0.2) is 0 Å². The molecule has 0 atom stereocenters. The second-order valence-electron chi connectivity index (χ2n) is 5.88. The number of aromatic amines is 1. The number of H-pyrrole nitrogens is 1. The number of carboxylic acids is 1. The molecule has 7 nitrogen and oxygen atoms in total. The number of aliphatic carboxylic acids is 1. The van der Waals surface area contributed by atoms with Crippen molar-refractivity contribution < 1.29 is 19.1 Å². The SMILES string of the molecule is O=C(O)CCN(Cc1cccnc1)C(=O)c1cc(-c2ccccc2F)n[nH]1. The van der Waals surface area contributed by atoms with Crippen LogP contribution in [-0.4, -0.2) is 43.6 Å². The van der Waals surface area contributed by atoms with E-state index >= 15 is 0 Å². The summed E-state index contributed by atoms with van der Waals surface area (Å²) in [5.41, 5.74) is 1.50. The first-order valence-electron chi connectivity index (χ1n) is 8.25. The second kappa shape index (κ2) is 8.22. The summed E-state index contributed by atoms with van der Waals surface area (Å²) in [6.07, 6.45) is 3.03. The molecule has 1 aromatic carbocycles. The number of pyridine rings is 1. The molecule has 3 aromatic rings. The van der Waals surface area contributed by atoms with Crippen LogP contribution in [0.3, 0.4) is 0 Å². The molecule has 8 heteroatoms. The number of hydrogen-bond acceptors (Lipinski definition) is 4. The van der Waals surface area contributed by atoms with E-state index < -0.39 is 17.7 Å². The zero-order valence-electron chi connectivity index (χ0n) is 14.3. The third-order valence-electron chi connectivity index (χ3n) is 3.94. The molecule has 0 saturated heterocycles. The first kappa shape index (κ1) is 18.2. The molecule has 0 fully saturated rings. The first-order valence-corrected chi connectivity index (χ1v) is 8.25. The summed E-state index contributed by atoms with van der Waals surface area (Å²) >= 11 is 0. The van der Waals surface area contributed by atoms with Crippen LogP contribution in [0.5, 0.6) is 0 Å². The summed E-state index contributed by atoms with van der Waals surface area (Å²) in [6, 6.07) is 11.1. The second-order valence-corrected chi connectivity index (χ2v) is 5.88. The highest BCUT2D eigenvalue weighted by atomic mass is 19.1. The number of carbonyl (C=O) groups excluding carboxylic acids is 1. The van der Waals surface area contributed by atoms with Gasteiger partial charge < -0.3 is 10.0 Å². The van der Waals surface area contributed by atoms with Crippen molar-refractivity contribution in [2.75, 3.05) is 6.54 Å². The van der Waals surface area contributed by atoms with Crippen LogP contribution in [-0.2, 0) is 11.3 Å². The van der Waals surface area contributed by atoms with Crippen LogP contribution in [0.25, 0.3) is 11.3 Å². The van der Waals surface area contributed by atoms with Crippen molar-refractivity contribution in [3.63, 3.8) is 0 Å². The molecular formula is C19H17FN4O3. The van der Waals surface area contributed by atoms with Gasteiger partial charge in [-0.15, -0.1) is 0 Å². The Morgan fingerprint density at radius 2 is 2.00 bits per heavy atom. The average molecular weight is 368 g/mol. The number of hydrogen-bond donors (Lipinski definition) is 2. The Balaban J connectivity index is 1.83. The summed E-state index contributed by atoms with van der Waals surface area (Å²) < 4.78 is 13.9. The van der Waals surface area contributed by atoms with E-state index in [1.807, 2.05) is 0 Å². The molecule has 0 radical (unpaired) electrons. The molecule has 0 bridgehead atoms. The fourth-order valence-electron chi connectivity index (χ4n) is 2.60. The lowest BCUT2D eigenvalue weighted by Gasteiger charge is -2.21. The van der Waals surface area contributed by atoms with E-state index in [4.69, 9.17) is 5.11 Å². The van der Waals surface area contributed by atoms with E-state index in [1.54, 1.807) is 42.7 Å². The first-order chi connectivity index (χ1) is 13.0. The van der Waals surface area contributed by atoms with E-state index in [0.29, 0.717) is 5.69 Å². The fraction of sp³-hybridized carbons (Fsp3) is 0.158. The van der Waals surface area contributed by atoms with Crippen LogP contribution in [0.1, 0.15) is 22.5 Å². The van der Waals surface area contributed by atoms with Crippen molar-refractivity contribution >= 4 is 11.9 Å². The van der Waals surface area contributed by atoms with Gasteiger partial charge >= 0.3 is 5.97 Å². The number of rotatable bonds is 7. The van der Waals surface area contributed by atoms with E-state index in [-0.39, 0.29) is 30.8 Å². The molecule has 0 aliphatic rings. The highest BCUT2D eigenvalue weighted by Gasteiger charge is 2.20. The van der Waals surface area contributed by atoms with Crippen molar-refractivity contribution in [3.8, 4) is 11.3 Å². The molecule has 2 aromatic heterocycles. The van der Waals surface area contributed by atoms with Crippen LogP contribution >= 0.6 is 0 Å². The van der Waals surface area contributed by atoms with Crippen molar-refractivity contribution in [1.29, 1.82) is 0 Å². The fourth-order valence-corrected chi connectivity index (χ4v) is 2.60. The topological polar surface area (TPSA) is 99.2 Å². The van der Waals surface area contributed by atoms with Gasteiger partial charge in [-0.25, -0.2) is 4.39 Å². The maximum absolute atomic E-state index is 13.9. The predicted octanol–water partition coefficient (Wildman–Crippen LogP) is 2.73. The van der Waals surface area contributed by atoms with Gasteiger partial charge in [-0.3, -0.25) is 19.7 Å². The van der Waals surface area contributed by atoms with Gasteiger partial charge in [0, 0.05) is 31.0 Å². The molecule has 138 valence electrons. The third-order valence-corrected chi connectivity index (χ3v) is 3.94. The summed E-state index contributed by atoms with van der Waals surface area (Å²) in [5, 5.41) is 15.6. The zero-order valence-corrected chi connectivity index (χ0v) is 14.3.